The molecule has 0 radical (unpaired) electrons. The number of carbonyl (C=O) groups is 5. The van der Waals surface area contributed by atoms with Gasteiger partial charge in [-0.3, -0.25) is 19.2 Å². The summed E-state index contributed by atoms with van der Waals surface area (Å²) in [7, 11) is 1.24. The minimum atomic E-state index is -0.981. The quantitative estimate of drug-likeness (QED) is 0.175. The van der Waals surface area contributed by atoms with E-state index in [0.29, 0.717) is 19.6 Å². The van der Waals surface area contributed by atoms with Crippen LogP contribution in [0.1, 0.15) is 57.9 Å². The second kappa shape index (κ2) is 17.8. The van der Waals surface area contributed by atoms with E-state index in [4.69, 9.17) is 9.47 Å². The number of amides is 3. The normalized spacial score (nSPS) is 12.0. The van der Waals surface area contributed by atoms with Crippen LogP contribution in [0.15, 0.2) is 30.3 Å². The molecule has 200 valence electrons. The maximum Gasteiger partial charge on any atom is 0.408 e. The number of alkyl carbamates (subject to hydrolysis) is 1. The van der Waals surface area contributed by atoms with Crippen LogP contribution in [0.25, 0.3) is 0 Å². The van der Waals surface area contributed by atoms with E-state index in [0.717, 1.165) is 24.8 Å². The summed E-state index contributed by atoms with van der Waals surface area (Å²) in [4.78, 5) is 59.5. The molecule has 0 unspecified atom stereocenters. The van der Waals surface area contributed by atoms with Gasteiger partial charge in [-0.25, -0.2) is 4.79 Å². The van der Waals surface area contributed by atoms with Crippen molar-refractivity contribution in [2.75, 3.05) is 20.3 Å². The van der Waals surface area contributed by atoms with Crippen LogP contribution in [0.5, 0.6) is 0 Å². The number of methoxy groups -OCH3 is 1. The number of nitrogens with one attached hydrogen (secondary N) is 3. The van der Waals surface area contributed by atoms with Gasteiger partial charge in [0.1, 0.15) is 18.7 Å². The van der Waals surface area contributed by atoms with E-state index < -0.39 is 36.0 Å². The number of carbonyl (C=O) groups excluding carboxylic acids is 5. The largest absolute Gasteiger partial charge is 0.469 e. The second-order valence-corrected chi connectivity index (χ2v) is 8.15. The van der Waals surface area contributed by atoms with Gasteiger partial charge in [-0.1, -0.05) is 36.8 Å². The molecule has 0 saturated carbocycles. The molecular formula is C25H37N3O8. The lowest BCUT2D eigenvalue weighted by molar-refractivity contribution is -0.142. The highest BCUT2D eigenvalue weighted by Gasteiger charge is 2.25. The van der Waals surface area contributed by atoms with Gasteiger partial charge in [-0.15, -0.1) is 0 Å². The lowest BCUT2D eigenvalue weighted by Crippen LogP contribution is -2.53. The molecule has 2 atom stereocenters. The third-order valence-corrected chi connectivity index (χ3v) is 5.11. The Morgan fingerprint density at radius 2 is 1.58 bits per heavy atom. The van der Waals surface area contributed by atoms with Crippen molar-refractivity contribution >= 4 is 29.8 Å². The zero-order valence-electron chi connectivity index (χ0n) is 21.2. The predicted molar refractivity (Wildman–Crippen MR) is 131 cm³/mol. The Labute approximate surface area is 211 Å². The molecule has 1 rings (SSSR count). The summed E-state index contributed by atoms with van der Waals surface area (Å²) in [6.45, 7) is 3.63. The van der Waals surface area contributed by atoms with Crippen molar-refractivity contribution in [2.45, 2.75) is 71.1 Å². The number of hydrogen-bond donors (Lipinski definition) is 3. The molecule has 0 aliphatic heterocycles. The molecule has 0 heterocycles. The maximum atomic E-state index is 12.6. The first-order valence-corrected chi connectivity index (χ1v) is 12.0. The van der Waals surface area contributed by atoms with Gasteiger partial charge >= 0.3 is 18.0 Å². The number of esters is 2. The van der Waals surface area contributed by atoms with Gasteiger partial charge in [0.2, 0.25) is 11.8 Å². The summed E-state index contributed by atoms with van der Waals surface area (Å²) < 4.78 is 14.6. The summed E-state index contributed by atoms with van der Waals surface area (Å²) >= 11 is 0. The summed E-state index contributed by atoms with van der Waals surface area (Å²) in [5.74, 6) is -1.85. The van der Waals surface area contributed by atoms with E-state index in [1.165, 1.54) is 21.0 Å². The molecule has 3 N–H and O–H groups in total. The van der Waals surface area contributed by atoms with Crippen LogP contribution in [0.4, 0.5) is 4.79 Å². The predicted octanol–water partition coefficient (Wildman–Crippen LogP) is 1.98. The molecule has 0 aliphatic rings. The van der Waals surface area contributed by atoms with Crippen LogP contribution >= 0.6 is 0 Å². The third kappa shape index (κ3) is 13.9. The lowest BCUT2D eigenvalue weighted by Gasteiger charge is -2.21. The second-order valence-electron chi connectivity index (χ2n) is 8.15. The first kappa shape index (κ1) is 30.4. The first-order chi connectivity index (χ1) is 17.2. The zero-order chi connectivity index (χ0) is 26.8. The SMILES string of the molecule is COC(=O)CC[C@@H](NC(=O)[C@@H](C)NC(=O)OCc1ccccc1)C(=O)NCCCCCCOC(C)=O. The van der Waals surface area contributed by atoms with Crippen molar-refractivity contribution in [3.63, 3.8) is 0 Å². The summed E-state index contributed by atoms with van der Waals surface area (Å²) in [5.41, 5.74) is 0.800. The van der Waals surface area contributed by atoms with Crippen molar-refractivity contribution in [1.29, 1.82) is 0 Å². The van der Waals surface area contributed by atoms with Crippen molar-refractivity contribution in [2.24, 2.45) is 0 Å². The van der Waals surface area contributed by atoms with Crippen LogP contribution in [-0.4, -0.2) is 62.2 Å². The summed E-state index contributed by atoms with van der Waals surface area (Å²) in [6, 6.07) is 7.13. The average molecular weight is 508 g/mol. The minimum Gasteiger partial charge on any atom is -0.469 e. The molecule has 3 amide bonds. The van der Waals surface area contributed by atoms with Crippen LogP contribution in [0, 0.1) is 0 Å². The van der Waals surface area contributed by atoms with Crippen molar-refractivity contribution in [1.82, 2.24) is 16.0 Å². The molecule has 0 bridgehead atoms. The first-order valence-electron chi connectivity index (χ1n) is 12.0. The third-order valence-electron chi connectivity index (χ3n) is 5.11. The van der Waals surface area contributed by atoms with Crippen molar-refractivity contribution in [3.8, 4) is 0 Å². The van der Waals surface area contributed by atoms with E-state index in [1.54, 1.807) is 12.1 Å². The lowest BCUT2D eigenvalue weighted by atomic mass is 10.1. The number of rotatable bonds is 16. The smallest absolute Gasteiger partial charge is 0.408 e. The molecule has 0 aromatic heterocycles. The average Bonchev–Trinajstić information content (AvgIpc) is 2.86. The Morgan fingerprint density at radius 3 is 2.25 bits per heavy atom. The van der Waals surface area contributed by atoms with Crippen molar-refractivity contribution in [3.05, 3.63) is 35.9 Å². The highest BCUT2D eigenvalue weighted by molar-refractivity contribution is 5.91. The standard InChI is InChI=1S/C25H37N3O8/c1-18(27-25(33)36-17-20-11-7-6-8-12-20)23(31)28-21(13-14-22(30)34-3)24(32)26-15-9-4-5-10-16-35-19(2)29/h6-8,11-12,18,21H,4-5,9-10,13-17H2,1-3H3,(H,26,32)(H,27,33)(H,28,31)/t18-,21-/m1/s1. The van der Waals surface area contributed by atoms with E-state index in [1.807, 2.05) is 18.2 Å². The molecule has 0 aliphatic carbocycles. The zero-order valence-corrected chi connectivity index (χ0v) is 21.2. The Balaban J connectivity index is 2.47. The van der Waals surface area contributed by atoms with Crippen LogP contribution < -0.4 is 16.0 Å². The van der Waals surface area contributed by atoms with Gasteiger partial charge in [0.25, 0.3) is 0 Å². The Kier molecular flexibility index (Phi) is 15.0. The highest BCUT2D eigenvalue weighted by atomic mass is 16.5. The molecule has 11 heteroatoms. The van der Waals surface area contributed by atoms with Crippen molar-refractivity contribution < 1.29 is 38.2 Å². The topological polar surface area (TPSA) is 149 Å². The van der Waals surface area contributed by atoms with Crippen LogP contribution in [-0.2, 0) is 40.0 Å². The Morgan fingerprint density at radius 1 is 0.889 bits per heavy atom. The Bertz CT molecular complexity index is 847. The molecule has 1 aromatic carbocycles. The molecule has 11 nitrogen and oxygen atoms in total. The molecule has 36 heavy (non-hydrogen) atoms. The number of ether oxygens (including phenoxy) is 3. The number of benzene rings is 1. The summed E-state index contributed by atoms with van der Waals surface area (Å²) in [6.07, 6.45) is 2.32. The van der Waals surface area contributed by atoms with E-state index in [2.05, 4.69) is 20.7 Å². The maximum absolute atomic E-state index is 12.6. The fourth-order valence-corrected chi connectivity index (χ4v) is 3.07. The van der Waals surface area contributed by atoms with Crippen LogP contribution in [0.2, 0.25) is 0 Å². The summed E-state index contributed by atoms with van der Waals surface area (Å²) in [5, 5.41) is 7.76. The van der Waals surface area contributed by atoms with Gasteiger partial charge < -0.3 is 30.2 Å². The molecular weight excluding hydrogens is 470 g/mol. The van der Waals surface area contributed by atoms with E-state index in [-0.39, 0.29) is 25.4 Å². The fourth-order valence-electron chi connectivity index (χ4n) is 3.07. The number of hydrogen-bond acceptors (Lipinski definition) is 8. The molecule has 0 fully saturated rings. The monoisotopic (exact) mass is 507 g/mol. The molecule has 0 saturated heterocycles. The minimum absolute atomic E-state index is 0.0395. The molecule has 0 spiro atoms. The highest BCUT2D eigenvalue weighted by Crippen LogP contribution is 2.04. The van der Waals surface area contributed by atoms with Crippen LogP contribution in [0.3, 0.4) is 0 Å². The van der Waals surface area contributed by atoms with Gasteiger partial charge in [-0.05, 0) is 38.2 Å². The molecule has 1 aromatic rings. The number of unbranched alkanes of at least 4 members (excludes halogenated alkanes) is 3. The Hall–Kier alpha value is -3.63. The fraction of sp³-hybridized carbons (Fsp3) is 0.560. The van der Waals surface area contributed by atoms with E-state index in [9.17, 15) is 24.0 Å². The van der Waals surface area contributed by atoms with Gasteiger partial charge in [-0.2, -0.15) is 0 Å². The van der Waals surface area contributed by atoms with Gasteiger partial charge in [0.05, 0.1) is 13.7 Å². The van der Waals surface area contributed by atoms with Gasteiger partial charge in [0, 0.05) is 19.9 Å². The van der Waals surface area contributed by atoms with Gasteiger partial charge in [0.15, 0.2) is 0 Å². The van der Waals surface area contributed by atoms with E-state index >= 15 is 0 Å².